The maximum absolute atomic E-state index is 12.9. The molecule has 2 aromatic heterocycles. The molecule has 0 radical (unpaired) electrons. The summed E-state index contributed by atoms with van der Waals surface area (Å²) in [4.78, 5) is 62.7. The van der Waals surface area contributed by atoms with Gasteiger partial charge in [0, 0.05) is 36.6 Å². The topological polar surface area (TPSA) is 208 Å². The van der Waals surface area contributed by atoms with E-state index in [1.807, 2.05) is 30.3 Å². The van der Waals surface area contributed by atoms with Gasteiger partial charge >= 0.3 is 5.97 Å². The third-order valence-electron chi connectivity index (χ3n) is 5.28. The van der Waals surface area contributed by atoms with E-state index in [0.29, 0.717) is 11.4 Å². The Balaban J connectivity index is 1.57. The molecule has 1 aromatic carbocycles. The van der Waals surface area contributed by atoms with Crippen molar-refractivity contribution in [3.05, 3.63) is 72.3 Å². The molecule has 3 unspecified atom stereocenters. The highest BCUT2D eigenvalue weighted by Gasteiger charge is 2.26. The zero-order chi connectivity index (χ0) is 25.9. The van der Waals surface area contributed by atoms with E-state index >= 15 is 0 Å². The van der Waals surface area contributed by atoms with Gasteiger partial charge in [0.25, 0.3) is 0 Å². The molecule has 0 aliphatic carbocycles. The number of benzene rings is 1. The number of carbonyl (C=O) groups is 4. The highest BCUT2D eigenvalue weighted by atomic mass is 16.4. The number of nitrogens with one attached hydrogen (secondary N) is 5. The van der Waals surface area contributed by atoms with Crippen LogP contribution >= 0.6 is 0 Å². The van der Waals surface area contributed by atoms with Crippen molar-refractivity contribution in [3.63, 3.8) is 0 Å². The molecule has 3 aromatic rings. The Kier molecular flexibility index (Phi) is 9.28. The molecule has 13 nitrogen and oxygen atoms in total. The van der Waals surface area contributed by atoms with Crippen LogP contribution in [0.4, 0.5) is 0 Å². The van der Waals surface area contributed by atoms with E-state index in [1.165, 1.54) is 25.0 Å². The molecule has 3 atom stereocenters. The molecule has 0 saturated heterocycles. The molecule has 0 aliphatic heterocycles. The quantitative estimate of drug-likeness (QED) is 0.150. The zero-order valence-electron chi connectivity index (χ0n) is 19.3. The average molecular weight is 497 g/mol. The second kappa shape index (κ2) is 12.8. The Morgan fingerprint density at radius 1 is 0.861 bits per heavy atom. The van der Waals surface area contributed by atoms with E-state index in [9.17, 15) is 24.3 Å². The minimum absolute atomic E-state index is 0.00711. The molecule has 36 heavy (non-hydrogen) atoms. The summed E-state index contributed by atoms with van der Waals surface area (Å²) in [6.45, 7) is -0.489. The first-order chi connectivity index (χ1) is 17.3. The number of hydrogen-bond donors (Lipinski definition) is 7. The van der Waals surface area contributed by atoms with Crippen molar-refractivity contribution in [1.29, 1.82) is 0 Å². The van der Waals surface area contributed by atoms with Crippen LogP contribution in [0.1, 0.15) is 17.0 Å². The number of H-pyrrole nitrogens is 2. The highest BCUT2D eigenvalue weighted by molar-refractivity contribution is 5.92. The van der Waals surface area contributed by atoms with Crippen molar-refractivity contribution < 1.29 is 24.3 Å². The summed E-state index contributed by atoms with van der Waals surface area (Å²) < 4.78 is 0. The summed E-state index contributed by atoms with van der Waals surface area (Å²) in [7, 11) is 0. The number of carbonyl (C=O) groups excluding carboxylic acids is 3. The van der Waals surface area contributed by atoms with Gasteiger partial charge in [-0.15, -0.1) is 0 Å². The maximum Gasteiger partial charge on any atom is 0.326 e. The molecule has 0 spiro atoms. The van der Waals surface area contributed by atoms with Gasteiger partial charge in [-0.05, 0) is 12.0 Å². The molecule has 190 valence electrons. The molecule has 3 amide bonds. The third kappa shape index (κ3) is 8.06. The van der Waals surface area contributed by atoms with E-state index in [-0.39, 0.29) is 19.3 Å². The zero-order valence-corrected chi connectivity index (χ0v) is 19.3. The van der Waals surface area contributed by atoms with E-state index < -0.39 is 48.4 Å². The van der Waals surface area contributed by atoms with Gasteiger partial charge in [-0.1, -0.05) is 30.3 Å². The van der Waals surface area contributed by atoms with Crippen molar-refractivity contribution >= 4 is 23.7 Å². The Morgan fingerprint density at radius 3 is 2.03 bits per heavy atom. The normalized spacial score (nSPS) is 13.2. The van der Waals surface area contributed by atoms with Crippen LogP contribution in [-0.2, 0) is 38.4 Å². The number of aromatic amines is 2. The van der Waals surface area contributed by atoms with Crippen LogP contribution in [-0.4, -0.2) is 73.4 Å². The molecular formula is C23H28N8O5. The third-order valence-corrected chi connectivity index (χ3v) is 5.28. The number of nitrogens with zero attached hydrogens (tertiary/aromatic N) is 2. The molecule has 0 saturated carbocycles. The monoisotopic (exact) mass is 496 g/mol. The number of carboxylic acids is 1. The first kappa shape index (κ1) is 26.1. The minimum Gasteiger partial charge on any atom is -0.480 e. The van der Waals surface area contributed by atoms with Crippen molar-refractivity contribution in [2.45, 2.75) is 37.4 Å². The largest absolute Gasteiger partial charge is 0.480 e. The smallest absolute Gasteiger partial charge is 0.326 e. The number of aliphatic carboxylic acids is 1. The fraction of sp³-hybridized carbons (Fsp3) is 0.304. The van der Waals surface area contributed by atoms with Crippen LogP contribution in [0.5, 0.6) is 0 Å². The number of amides is 3. The van der Waals surface area contributed by atoms with Crippen LogP contribution in [0.3, 0.4) is 0 Å². The summed E-state index contributed by atoms with van der Waals surface area (Å²) in [6, 6.07) is 6.05. The van der Waals surface area contributed by atoms with Gasteiger partial charge in [0.05, 0.1) is 25.2 Å². The van der Waals surface area contributed by atoms with Gasteiger partial charge < -0.3 is 36.8 Å². The average Bonchev–Trinajstić information content (AvgIpc) is 3.56. The summed E-state index contributed by atoms with van der Waals surface area (Å²) in [5.41, 5.74) is 8.03. The number of rotatable bonds is 13. The summed E-state index contributed by atoms with van der Waals surface area (Å²) >= 11 is 0. The molecule has 2 heterocycles. The fourth-order valence-electron chi connectivity index (χ4n) is 3.42. The molecule has 8 N–H and O–H groups in total. The van der Waals surface area contributed by atoms with E-state index in [4.69, 9.17) is 5.73 Å². The van der Waals surface area contributed by atoms with Crippen molar-refractivity contribution in [2.24, 2.45) is 5.73 Å². The number of imidazole rings is 2. The SMILES string of the molecule is NC(Cc1ccccc1)C(=O)NC(Cc1cnc[nH]1)C(=O)NCC(=O)NC(Cc1cnc[nH]1)C(=O)O. The van der Waals surface area contributed by atoms with Gasteiger partial charge in [0.2, 0.25) is 17.7 Å². The molecule has 0 fully saturated rings. The molecule has 0 bridgehead atoms. The van der Waals surface area contributed by atoms with Crippen LogP contribution in [0.25, 0.3) is 0 Å². The van der Waals surface area contributed by atoms with Gasteiger partial charge in [0.15, 0.2) is 0 Å². The number of carboxylic acid groups (broad SMARTS) is 1. The van der Waals surface area contributed by atoms with Crippen LogP contribution in [0.15, 0.2) is 55.4 Å². The molecular weight excluding hydrogens is 468 g/mol. The van der Waals surface area contributed by atoms with Crippen molar-refractivity contribution in [3.8, 4) is 0 Å². The van der Waals surface area contributed by atoms with E-state index in [1.54, 1.807) is 0 Å². The molecule has 0 aliphatic rings. The van der Waals surface area contributed by atoms with Gasteiger partial charge in [-0.25, -0.2) is 14.8 Å². The molecule has 3 rings (SSSR count). The second-order valence-electron chi connectivity index (χ2n) is 8.10. The van der Waals surface area contributed by atoms with Crippen LogP contribution in [0.2, 0.25) is 0 Å². The standard InChI is InChI=1S/C23H28N8O5/c24-17(6-14-4-2-1-3-5-14)21(33)31-18(7-15-9-25-12-28-15)22(34)27-11-20(32)30-19(23(35)36)8-16-10-26-13-29-16/h1-5,9-10,12-13,17-19H,6-8,11,24H2,(H,25,28)(H,26,29)(H,27,34)(H,30,32)(H,31,33)(H,35,36). The van der Waals surface area contributed by atoms with Crippen LogP contribution < -0.4 is 21.7 Å². The lowest BCUT2D eigenvalue weighted by molar-refractivity contribution is -0.141. The fourth-order valence-corrected chi connectivity index (χ4v) is 3.42. The summed E-state index contributed by atoms with van der Waals surface area (Å²) in [6.07, 6.45) is 6.15. The minimum atomic E-state index is -1.24. The lowest BCUT2D eigenvalue weighted by atomic mass is 10.0. The Bertz CT molecular complexity index is 1130. The number of nitrogens with two attached hydrogens (primary N) is 1. The first-order valence-corrected chi connectivity index (χ1v) is 11.2. The lowest BCUT2D eigenvalue weighted by Crippen LogP contribution is -2.54. The first-order valence-electron chi connectivity index (χ1n) is 11.2. The maximum atomic E-state index is 12.9. The summed E-state index contributed by atoms with van der Waals surface area (Å²) in [5, 5.41) is 16.8. The number of hydrogen-bond acceptors (Lipinski definition) is 7. The Morgan fingerprint density at radius 2 is 1.47 bits per heavy atom. The van der Waals surface area contributed by atoms with Gasteiger partial charge in [0.1, 0.15) is 12.1 Å². The lowest BCUT2D eigenvalue weighted by Gasteiger charge is -2.21. The van der Waals surface area contributed by atoms with Gasteiger partial charge in [-0.3, -0.25) is 14.4 Å². The highest BCUT2D eigenvalue weighted by Crippen LogP contribution is 2.04. The van der Waals surface area contributed by atoms with Crippen molar-refractivity contribution in [2.75, 3.05) is 6.54 Å². The van der Waals surface area contributed by atoms with E-state index in [0.717, 1.165) is 5.56 Å². The Hall–Kier alpha value is -4.52. The van der Waals surface area contributed by atoms with Crippen molar-refractivity contribution in [1.82, 2.24) is 35.9 Å². The molecule has 13 heteroatoms. The van der Waals surface area contributed by atoms with Gasteiger partial charge in [-0.2, -0.15) is 0 Å². The Labute approximate surface area is 206 Å². The second-order valence-corrected chi connectivity index (χ2v) is 8.10. The van der Waals surface area contributed by atoms with E-state index in [2.05, 4.69) is 35.9 Å². The number of aromatic nitrogens is 4. The summed E-state index contributed by atoms with van der Waals surface area (Å²) in [5.74, 6) is -3.11. The predicted molar refractivity (Wildman–Crippen MR) is 127 cm³/mol. The van der Waals surface area contributed by atoms with Crippen LogP contribution in [0, 0.1) is 0 Å². The predicted octanol–water partition coefficient (Wildman–Crippen LogP) is -1.34.